The van der Waals surface area contributed by atoms with Gasteiger partial charge in [-0.15, -0.1) is 0 Å². The van der Waals surface area contributed by atoms with E-state index in [-0.39, 0.29) is 36.1 Å². The molecule has 9 nitrogen and oxygen atoms in total. The summed E-state index contributed by atoms with van der Waals surface area (Å²) in [5, 5.41) is 29.5. The van der Waals surface area contributed by atoms with E-state index >= 15 is 0 Å². The Balaban J connectivity index is 1.76. The van der Waals surface area contributed by atoms with Gasteiger partial charge in [0.2, 0.25) is 5.91 Å². The number of alkyl halides is 3. The van der Waals surface area contributed by atoms with Crippen LogP contribution in [0.2, 0.25) is 0 Å². The maximum Gasteiger partial charge on any atom is 0.416 e. The monoisotopic (exact) mass is 538 g/mol. The molecule has 4 N–H and O–H groups in total. The maximum atomic E-state index is 13.1. The zero-order valence-corrected chi connectivity index (χ0v) is 21.4. The molecule has 0 radical (unpaired) electrons. The first kappa shape index (κ1) is 29.3. The van der Waals surface area contributed by atoms with Gasteiger partial charge in [0.15, 0.2) is 6.29 Å². The number of aromatic nitrogens is 2. The zero-order valence-electron chi connectivity index (χ0n) is 21.4. The molecule has 1 aliphatic rings. The van der Waals surface area contributed by atoms with E-state index < -0.39 is 42.1 Å². The summed E-state index contributed by atoms with van der Waals surface area (Å²) in [6.45, 7) is 5.41. The molecule has 0 spiro atoms. The van der Waals surface area contributed by atoms with Crippen LogP contribution < -0.4 is 10.6 Å². The van der Waals surface area contributed by atoms with Crippen molar-refractivity contribution in [3.63, 3.8) is 0 Å². The predicted molar refractivity (Wildman–Crippen MR) is 132 cm³/mol. The van der Waals surface area contributed by atoms with Gasteiger partial charge in [0, 0.05) is 13.1 Å². The van der Waals surface area contributed by atoms with E-state index in [1.54, 1.807) is 6.08 Å². The van der Waals surface area contributed by atoms with Gasteiger partial charge in [-0.2, -0.15) is 18.3 Å². The molecule has 38 heavy (non-hydrogen) atoms. The molecular formula is C26H33F3N4O5. The summed E-state index contributed by atoms with van der Waals surface area (Å²) in [5.41, 5.74) is 0.262. The molecule has 1 aromatic carbocycles. The minimum Gasteiger partial charge on any atom is -0.369 e. The summed E-state index contributed by atoms with van der Waals surface area (Å²) in [7, 11) is 0. The van der Waals surface area contributed by atoms with Gasteiger partial charge in [0.05, 0.1) is 48.2 Å². The number of nitrogens with zero attached hydrogens (tertiary/aromatic N) is 2. The third kappa shape index (κ3) is 7.65. The average molecular weight is 539 g/mol. The normalized spacial score (nSPS) is 19.9. The fraction of sp³-hybridized carbons (Fsp3) is 0.500. The second-order valence-corrected chi connectivity index (χ2v) is 9.29. The molecule has 0 bridgehead atoms. The number of aliphatic hydroxyl groups excluding tert-OH is 1. The predicted octanol–water partition coefficient (Wildman–Crippen LogP) is 2.77. The summed E-state index contributed by atoms with van der Waals surface area (Å²) in [5.74, 6) is -0.850. The van der Waals surface area contributed by atoms with Gasteiger partial charge in [-0.1, -0.05) is 26.0 Å². The van der Waals surface area contributed by atoms with E-state index in [9.17, 15) is 33.0 Å². The highest BCUT2D eigenvalue weighted by atomic mass is 19.4. The number of nitrogens with one attached hydrogen (secondary N) is 2. The second kappa shape index (κ2) is 12.5. The summed E-state index contributed by atoms with van der Waals surface area (Å²) >= 11 is 0. The highest BCUT2D eigenvalue weighted by Crippen LogP contribution is 2.29. The van der Waals surface area contributed by atoms with Gasteiger partial charge in [-0.3, -0.25) is 14.3 Å². The van der Waals surface area contributed by atoms with Gasteiger partial charge >= 0.3 is 6.18 Å². The Bertz CT molecular complexity index is 1130. The number of halogens is 3. The van der Waals surface area contributed by atoms with Crippen molar-refractivity contribution in [3.8, 4) is 0 Å². The summed E-state index contributed by atoms with van der Waals surface area (Å²) in [4.78, 5) is 25.1. The van der Waals surface area contributed by atoms with Crippen LogP contribution in [0.25, 0.3) is 0 Å². The first-order chi connectivity index (χ1) is 17.9. The number of hydrogen-bond donors (Lipinski definition) is 4. The number of benzene rings is 1. The number of hydrogen-bond acceptors (Lipinski definition) is 6. The molecule has 3 atom stereocenters. The SMILES string of the molecule is CCC(CC)O[C@@H]1C=C(C(O)O)C[C@H](NC(=O)c2cnn(Cc3ccc(C(F)(F)F)cc3)c2)[C@H]1NC(C)=O. The van der Waals surface area contributed by atoms with Crippen molar-refractivity contribution < 1.29 is 37.7 Å². The topological polar surface area (TPSA) is 126 Å². The number of carbonyl (C=O) groups excluding carboxylic acids is 2. The van der Waals surface area contributed by atoms with Crippen LogP contribution in [0.5, 0.6) is 0 Å². The second-order valence-electron chi connectivity index (χ2n) is 9.29. The standard InChI is InChI=1S/C26H33F3N4O5/c1-4-20(5-2)38-22-11-17(25(36)37)10-21(23(22)31-15(3)34)32-24(35)18-12-30-33(14-18)13-16-6-8-19(9-7-16)26(27,28)29/h6-9,11-12,14,20-23,25,36-37H,4-5,10,13H2,1-3H3,(H,31,34)(H,32,35)/t21-,22+,23+/m0/s1. The molecule has 2 aromatic rings. The lowest BCUT2D eigenvalue weighted by molar-refractivity contribution is -0.137. The van der Waals surface area contributed by atoms with Gasteiger partial charge in [0.1, 0.15) is 0 Å². The van der Waals surface area contributed by atoms with Crippen LogP contribution in [-0.2, 0) is 22.3 Å². The fourth-order valence-electron chi connectivity index (χ4n) is 4.37. The third-order valence-electron chi connectivity index (χ3n) is 6.42. The van der Waals surface area contributed by atoms with Crippen LogP contribution in [0.15, 0.2) is 48.3 Å². The van der Waals surface area contributed by atoms with Crippen LogP contribution in [0.3, 0.4) is 0 Å². The Kier molecular flexibility index (Phi) is 9.69. The first-order valence-electron chi connectivity index (χ1n) is 12.4. The van der Waals surface area contributed by atoms with E-state index in [2.05, 4.69) is 15.7 Å². The maximum absolute atomic E-state index is 13.1. The Hall–Kier alpha value is -3.22. The van der Waals surface area contributed by atoms with Gasteiger partial charge in [-0.05, 0) is 48.6 Å². The molecule has 0 aliphatic heterocycles. The minimum atomic E-state index is -4.43. The lowest BCUT2D eigenvalue weighted by Crippen LogP contribution is -2.59. The molecule has 0 fully saturated rings. The number of ether oxygens (including phenoxy) is 1. The molecule has 0 saturated carbocycles. The van der Waals surface area contributed by atoms with E-state index in [0.29, 0.717) is 18.4 Å². The van der Waals surface area contributed by atoms with Crippen molar-refractivity contribution in [2.45, 2.75) is 83.3 Å². The van der Waals surface area contributed by atoms with Gasteiger partial charge in [0.25, 0.3) is 5.91 Å². The summed E-state index contributed by atoms with van der Waals surface area (Å²) < 4.78 is 46.0. The Labute approximate surface area is 218 Å². The van der Waals surface area contributed by atoms with Crippen molar-refractivity contribution in [3.05, 3.63) is 65.0 Å². The Morgan fingerprint density at radius 2 is 1.82 bits per heavy atom. The van der Waals surface area contributed by atoms with E-state index in [1.165, 1.54) is 36.1 Å². The number of aliphatic hydroxyl groups is 2. The lowest BCUT2D eigenvalue weighted by Gasteiger charge is -2.39. The molecular weight excluding hydrogens is 505 g/mol. The average Bonchev–Trinajstić information content (AvgIpc) is 3.32. The number of amides is 2. The molecule has 1 aliphatic carbocycles. The van der Waals surface area contributed by atoms with E-state index in [4.69, 9.17) is 4.74 Å². The molecule has 2 amide bonds. The minimum absolute atomic E-state index is 0.0663. The van der Waals surface area contributed by atoms with Gasteiger partial charge in [-0.25, -0.2) is 0 Å². The molecule has 0 unspecified atom stereocenters. The quantitative estimate of drug-likeness (QED) is 0.272. The Morgan fingerprint density at radius 3 is 2.37 bits per heavy atom. The summed E-state index contributed by atoms with van der Waals surface area (Å²) in [6, 6.07) is 3.28. The van der Waals surface area contributed by atoms with Crippen molar-refractivity contribution in [1.82, 2.24) is 20.4 Å². The van der Waals surface area contributed by atoms with Crippen molar-refractivity contribution in [2.75, 3.05) is 0 Å². The molecule has 0 saturated heterocycles. The lowest BCUT2D eigenvalue weighted by atomic mass is 9.87. The number of carbonyl (C=O) groups is 2. The first-order valence-corrected chi connectivity index (χ1v) is 12.4. The Morgan fingerprint density at radius 1 is 1.16 bits per heavy atom. The highest BCUT2D eigenvalue weighted by molar-refractivity contribution is 5.94. The largest absolute Gasteiger partial charge is 0.416 e. The molecule has 3 rings (SSSR count). The van der Waals surface area contributed by atoms with Crippen LogP contribution in [0.1, 0.15) is 61.5 Å². The summed E-state index contributed by atoms with van der Waals surface area (Å²) in [6.07, 6.45) is -1.19. The third-order valence-corrected chi connectivity index (χ3v) is 6.42. The zero-order chi connectivity index (χ0) is 28.0. The van der Waals surface area contributed by atoms with Gasteiger partial charge < -0.3 is 25.6 Å². The smallest absolute Gasteiger partial charge is 0.369 e. The fourth-order valence-corrected chi connectivity index (χ4v) is 4.37. The van der Waals surface area contributed by atoms with Crippen molar-refractivity contribution in [1.29, 1.82) is 0 Å². The van der Waals surface area contributed by atoms with Crippen LogP contribution in [0.4, 0.5) is 13.2 Å². The van der Waals surface area contributed by atoms with Crippen molar-refractivity contribution in [2.24, 2.45) is 0 Å². The molecule has 1 heterocycles. The van der Waals surface area contributed by atoms with Crippen LogP contribution >= 0.6 is 0 Å². The molecule has 12 heteroatoms. The van der Waals surface area contributed by atoms with Crippen LogP contribution in [0, 0.1) is 0 Å². The highest BCUT2D eigenvalue weighted by Gasteiger charge is 2.38. The molecule has 208 valence electrons. The van der Waals surface area contributed by atoms with Crippen molar-refractivity contribution >= 4 is 11.8 Å². The number of rotatable bonds is 10. The van der Waals surface area contributed by atoms with Crippen LogP contribution in [-0.4, -0.2) is 62.4 Å². The molecule has 1 aromatic heterocycles. The van der Waals surface area contributed by atoms with E-state index in [0.717, 1.165) is 12.1 Å². The van der Waals surface area contributed by atoms with E-state index in [1.807, 2.05) is 13.8 Å².